The Labute approximate surface area is 107 Å². The predicted octanol–water partition coefficient (Wildman–Crippen LogP) is -0.264. The average molecular weight is 282 g/mol. The van der Waals surface area contributed by atoms with Crippen LogP contribution < -0.4 is 11.2 Å². The summed E-state index contributed by atoms with van der Waals surface area (Å²) in [5.41, 5.74) is 7.42. The number of likely N-dealkylation sites (tertiary alicyclic amines) is 1. The molecule has 0 spiro atoms. The lowest BCUT2D eigenvalue weighted by Crippen LogP contribution is -2.48. The first-order chi connectivity index (χ1) is 8.37. The van der Waals surface area contributed by atoms with Gasteiger partial charge in [-0.2, -0.15) is 9.76 Å². The van der Waals surface area contributed by atoms with Crippen molar-refractivity contribution in [1.29, 1.82) is 5.26 Å². The van der Waals surface area contributed by atoms with Gasteiger partial charge in [0.25, 0.3) is 0 Å². The van der Waals surface area contributed by atoms with E-state index in [0.29, 0.717) is 6.54 Å². The highest BCUT2D eigenvalue weighted by Gasteiger charge is 2.23. The van der Waals surface area contributed by atoms with Crippen LogP contribution in [0, 0.1) is 11.8 Å². The molecule has 1 aliphatic heterocycles. The molecule has 1 aliphatic rings. The van der Waals surface area contributed by atoms with Crippen molar-refractivity contribution in [1.82, 2.24) is 10.4 Å². The van der Waals surface area contributed by atoms with Gasteiger partial charge in [0.15, 0.2) is 0 Å². The number of hydrogen-bond donors (Lipinski definition) is 5. The zero-order valence-corrected chi connectivity index (χ0v) is 10.5. The smallest absolute Gasteiger partial charge is 0.233 e. The third-order valence-electron chi connectivity index (χ3n) is 2.21. The fourth-order valence-corrected chi connectivity index (χ4v) is 1.91. The highest BCUT2D eigenvalue weighted by molar-refractivity contribution is 8.15. The molecule has 1 atom stereocenters. The van der Waals surface area contributed by atoms with E-state index in [1.807, 2.05) is 4.90 Å². The topological polar surface area (TPSA) is 152 Å². The first-order valence-electron chi connectivity index (χ1n) is 5.08. The molecule has 106 valence electrons. The zero-order chi connectivity index (χ0) is 14.2. The molecule has 0 saturated carbocycles. The fraction of sp³-hybridized carbons (Fsp3) is 0.750. The minimum atomic E-state index is -3.99. The molecule has 18 heavy (non-hydrogen) atoms. The van der Waals surface area contributed by atoms with Crippen LogP contribution in [0.5, 0.6) is 0 Å². The number of carbonyl (C=O) groups excluding carboxylic acids is 1. The summed E-state index contributed by atoms with van der Waals surface area (Å²) in [6, 6.07) is -0.175. The summed E-state index contributed by atoms with van der Waals surface area (Å²) in [6.07, 6.45) is 1.59. The van der Waals surface area contributed by atoms with Crippen LogP contribution in [0.3, 0.4) is 0 Å². The van der Waals surface area contributed by atoms with Crippen LogP contribution in [-0.2, 0) is 9.08 Å². The molecule has 6 N–H and O–H groups in total. The van der Waals surface area contributed by atoms with E-state index in [-0.39, 0.29) is 12.6 Å². The summed E-state index contributed by atoms with van der Waals surface area (Å²) < 4.78 is 30.0. The second-order valence-corrected chi connectivity index (χ2v) is 4.81. The van der Waals surface area contributed by atoms with Crippen molar-refractivity contribution >= 4 is 17.1 Å². The van der Waals surface area contributed by atoms with Crippen molar-refractivity contribution in [2.45, 2.75) is 18.9 Å². The molecule has 0 bridgehead atoms. The van der Waals surface area contributed by atoms with Crippen LogP contribution in [0.2, 0.25) is 0 Å². The van der Waals surface area contributed by atoms with E-state index in [0.717, 1.165) is 19.4 Å². The zero-order valence-electron chi connectivity index (χ0n) is 9.73. The normalized spacial score (nSPS) is 21.7. The molecule has 1 fully saturated rings. The van der Waals surface area contributed by atoms with Crippen LogP contribution in [0.25, 0.3) is 0 Å². The summed E-state index contributed by atoms with van der Waals surface area (Å²) >= 11 is -3.99. The van der Waals surface area contributed by atoms with Crippen molar-refractivity contribution in [2.75, 3.05) is 19.6 Å². The second kappa shape index (κ2) is 8.22. The number of hydrogen-bond acceptors (Lipinski definition) is 8. The molecular weight excluding hydrogens is 264 g/mol. The number of primary amides is 1. The third-order valence-corrected chi connectivity index (χ3v) is 2.53. The standard InChI is InChI=1S/C7H17N3O5S.CHN/c8-7(11)5-10-3-1-2-6(4-10)9-15-16(12,13)14;1-2/h6,9,12-14H,1-5H2,(H2,8,11);1H. The molecule has 0 aromatic rings. The minimum Gasteiger partial charge on any atom is -0.369 e. The maximum absolute atomic E-state index is 10.7. The molecule has 1 unspecified atom stereocenters. The first kappa shape index (κ1) is 17.1. The summed E-state index contributed by atoms with van der Waals surface area (Å²) in [7, 11) is 0. The number of piperidine rings is 1. The van der Waals surface area contributed by atoms with Gasteiger partial charge in [-0.25, -0.2) is 5.26 Å². The summed E-state index contributed by atoms with van der Waals surface area (Å²) in [4.78, 5) is 12.5. The third kappa shape index (κ3) is 8.20. The van der Waals surface area contributed by atoms with E-state index >= 15 is 0 Å². The molecule has 9 nitrogen and oxygen atoms in total. The Morgan fingerprint density at radius 1 is 1.56 bits per heavy atom. The molecule has 1 heterocycles. The van der Waals surface area contributed by atoms with E-state index in [2.05, 4.69) is 16.3 Å². The van der Waals surface area contributed by atoms with Gasteiger partial charge in [0.2, 0.25) is 17.1 Å². The van der Waals surface area contributed by atoms with Crippen molar-refractivity contribution in [3.8, 4) is 6.57 Å². The monoisotopic (exact) mass is 282 g/mol. The largest absolute Gasteiger partial charge is 0.369 e. The Balaban J connectivity index is 0.00000137. The Morgan fingerprint density at radius 3 is 2.67 bits per heavy atom. The number of hydroxylamine groups is 1. The lowest BCUT2D eigenvalue weighted by atomic mass is 10.1. The quantitative estimate of drug-likeness (QED) is 0.432. The fourth-order valence-electron chi connectivity index (χ4n) is 1.65. The Bertz CT molecular complexity index is 282. The van der Waals surface area contributed by atoms with Gasteiger partial charge in [0.1, 0.15) is 0 Å². The van der Waals surface area contributed by atoms with E-state index in [1.165, 1.54) is 0 Å². The van der Waals surface area contributed by atoms with Gasteiger partial charge in [-0.15, -0.1) is 0 Å². The summed E-state index contributed by atoms with van der Waals surface area (Å²) in [5.74, 6) is -0.409. The molecule has 0 aliphatic carbocycles. The molecule has 1 rings (SSSR count). The number of nitrogens with one attached hydrogen (secondary N) is 1. The van der Waals surface area contributed by atoms with Gasteiger partial charge in [-0.05, 0) is 19.4 Å². The molecule has 0 aromatic heterocycles. The van der Waals surface area contributed by atoms with Gasteiger partial charge in [-0.3, -0.25) is 23.4 Å². The van der Waals surface area contributed by atoms with Crippen LogP contribution >= 0.6 is 11.2 Å². The van der Waals surface area contributed by atoms with E-state index in [4.69, 9.17) is 24.7 Å². The number of rotatable bonds is 5. The highest BCUT2D eigenvalue weighted by Crippen LogP contribution is 2.32. The number of nitriles is 1. The average Bonchev–Trinajstić information content (AvgIpc) is 2.28. The number of amides is 1. The number of nitrogens with two attached hydrogens (primary N) is 1. The lowest BCUT2D eigenvalue weighted by Gasteiger charge is -2.32. The number of nitrogens with zero attached hydrogens (tertiary/aromatic N) is 2. The first-order valence-corrected chi connectivity index (χ1v) is 6.51. The van der Waals surface area contributed by atoms with Crippen molar-refractivity contribution < 1.29 is 22.7 Å². The van der Waals surface area contributed by atoms with Crippen LogP contribution in [-0.4, -0.2) is 50.1 Å². The lowest BCUT2D eigenvalue weighted by molar-refractivity contribution is -0.119. The van der Waals surface area contributed by atoms with Gasteiger partial charge < -0.3 is 5.73 Å². The molecular formula is C8H18N4O5S. The van der Waals surface area contributed by atoms with Crippen LogP contribution in [0.1, 0.15) is 12.8 Å². The van der Waals surface area contributed by atoms with E-state index in [1.54, 1.807) is 0 Å². The van der Waals surface area contributed by atoms with Gasteiger partial charge in [0.05, 0.1) is 6.54 Å². The Morgan fingerprint density at radius 2 is 2.17 bits per heavy atom. The number of carbonyl (C=O) groups is 1. The van der Waals surface area contributed by atoms with Crippen LogP contribution in [0.4, 0.5) is 0 Å². The van der Waals surface area contributed by atoms with Crippen LogP contribution in [0.15, 0.2) is 0 Å². The van der Waals surface area contributed by atoms with Gasteiger partial charge in [-0.1, -0.05) is 0 Å². The van der Waals surface area contributed by atoms with Gasteiger partial charge in [0, 0.05) is 19.2 Å². The predicted molar refractivity (Wildman–Crippen MR) is 65.0 cm³/mol. The minimum absolute atomic E-state index is 0.160. The molecule has 0 aromatic carbocycles. The van der Waals surface area contributed by atoms with E-state index in [9.17, 15) is 4.79 Å². The Hall–Kier alpha value is -0.930. The summed E-state index contributed by atoms with van der Waals surface area (Å²) in [5, 5.41) is 6.50. The molecule has 0 radical (unpaired) electrons. The van der Waals surface area contributed by atoms with E-state index < -0.39 is 17.1 Å². The molecule has 10 heteroatoms. The Kier molecular flexibility index (Phi) is 7.80. The SMILES string of the molecule is C#N.NC(=O)CN1CCCC(NOS(O)(O)O)C1. The second-order valence-electron chi connectivity index (χ2n) is 3.71. The van der Waals surface area contributed by atoms with Crippen molar-refractivity contribution in [2.24, 2.45) is 5.73 Å². The van der Waals surface area contributed by atoms with Crippen molar-refractivity contribution in [3.63, 3.8) is 0 Å². The van der Waals surface area contributed by atoms with Crippen molar-refractivity contribution in [3.05, 3.63) is 0 Å². The highest BCUT2D eigenvalue weighted by atomic mass is 32.3. The molecule has 1 amide bonds. The molecule has 1 saturated heterocycles. The maximum atomic E-state index is 10.7. The van der Waals surface area contributed by atoms with Gasteiger partial charge >= 0.3 is 0 Å². The summed E-state index contributed by atoms with van der Waals surface area (Å²) in [6.45, 7) is 4.92. The maximum Gasteiger partial charge on any atom is 0.233 e.